The van der Waals surface area contributed by atoms with Crippen LogP contribution in [0.15, 0.2) is 18.2 Å². The topological polar surface area (TPSA) is 24.5 Å². The van der Waals surface area contributed by atoms with E-state index in [1.54, 1.807) is 19.2 Å². The van der Waals surface area contributed by atoms with Crippen molar-refractivity contribution in [1.29, 1.82) is 0 Å². The number of methoxy groups -OCH3 is 1. The van der Waals surface area contributed by atoms with Crippen molar-refractivity contribution >= 4 is 5.69 Å². The molecule has 1 saturated heterocycles. The first kappa shape index (κ1) is 15.1. The van der Waals surface area contributed by atoms with E-state index in [-0.39, 0.29) is 11.4 Å². The fourth-order valence-corrected chi connectivity index (χ4v) is 2.91. The van der Waals surface area contributed by atoms with E-state index in [0.717, 1.165) is 38.9 Å². The second kappa shape index (κ2) is 6.44. The molecule has 1 fully saturated rings. The summed E-state index contributed by atoms with van der Waals surface area (Å²) >= 11 is 0. The fraction of sp³-hybridized carbons (Fsp3) is 0.625. The lowest BCUT2D eigenvalue weighted by molar-refractivity contribution is 0.321. The van der Waals surface area contributed by atoms with Crippen LogP contribution in [0.25, 0.3) is 0 Å². The highest BCUT2D eigenvalue weighted by Gasteiger charge is 2.31. The van der Waals surface area contributed by atoms with Gasteiger partial charge in [-0.15, -0.1) is 0 Å². The SMILES string of the molecule is CCC1(CC)CN(c2cc(OC)ccc2F)CCCN1. The average Bonchev–Trinajstić information content (AvgIpc) is 2.71. The fourth-order valence-electron chi connectivity index (χ4n) is 2.91. The summed E-state index contributed by atoms with van der Waals surface area (Å²) in [6.07, 6.45) is 3.12. The van der Waals surface area contributed by atoms with E-state index in [4.69, 9.17) is 4.74 Å². The van der Waals surface area contributed by atoms with Crippen molar-refractivity contribution in [3.05, 3.63) is 24.0 Å². The predicted octanol–water partition coefficient (Wildman–Crippen LogP) is 3.19. The molecule has 1 aromatic carbocycles. The number of halogens is 1. The third kappa shape index (κ3) is 3.06. The Kier molecular flexibility index (Phi) is 4.86. The van der Waals surface area contributed by atoms with Crippen molar-refractivity contribution < 1.29 is 9.13 Å². The standard InChI is InChI=1S/C16H25FN2O/c1-4-16(5-2)12-19(10-6-9-18-16)15-11-13(20-3)7-8-14(15)17/h7-8,11,18H,4-6,9-10,12H2,1-3H3. The molecule has 0 spiro atoms. The highest BCUT2D eigenvalue weighted by atomic mass is 19.1. The van der Waals surface area contributed by atoms with Gasteiger partial charge in [0.15, 0.2) is 0 Å². The zero-order valence-corrected chi connectivity index (χ0v) is 12.7. The Balaban J connectivity index is 2.30. The second-order valence-electron chi connectivity index (χ2n) is 5.51. The van der Waals surface area contributed by atoms with E-state index >= 15 is 0 Å². The molecule has 112 valence electrons. The molecule has 0 saturated carbocycles. The Bertz CT molecular complexity index is 446. The Morgan fingerprint density at radius 3 is 2.75 bits per heavy atom. The van der Waals surface area contributed by atoms with Gasteiger partial charge in [-0.2, -0.15) is 0 Å². The molecule has 0 bridgehead atoms. The zero-order chi connectivity index (χ0) is 14.6. The maximum atomic E-state index is 14.2. The van der Waals surface area contributed by atoms with Crippen LogP contribution in [0.2, 0.25) is 0 Å². The van der Waals surface area contributed by atoms with Crippen LogP contribution in [0.1, 0.15) is 33.1 Å². The molecular formula is C16H25FN2O. The van der Waals surface area contributed by atoms with E-state index in [1.807, 2.05) is 0 Å². The zero-order valence-electron chi connectivity index (χ0n) is 12.7. The van der Waals surface area contributed by atoms with Crippen LogP contribution in [-0.2, 0) is 0 Å². The molecule has 1 N–H and O–H groups in total. The van der Waals surface area contributed by atoms with Crippen LogP contribution in [0.3, 0.4) is 0 Å². The maximum Gasteiger partial charge on any atom is 0.146 e. The summed E-state index contributed by atoms with van der Waals surface area (Å²) in [6, 6.07) is 4.96. The summed E-state index contributed by atoms with van der Waals surface area (Å²) in [5.74, 6) is 0.533. The van der Waals surface area contributed by atoms with Gasteiger partial charge in [0.05, 0.1) is 12.8 Å². The van der Waals surface area contributed by atoms with Crippen molar-refractivity contribution in [2.45, 2.75) is 38.6 Å². The van der Waals surface area contributed by atoms with Gasteiger partial charge in [0.1, 0.15) is 11.6 Å². The molecule has 0 atom stereocenters. The lowest BCUT2D eigenvalue weighted by Crippen LogP contribution is -2.50. The van der Waals surface area contributed by atoms with Crippen LogP contribution < -0.4 is 15.0 Å². The Hall–Kier alpha value is -1.29. The smallest absolute Gasteiger partial charge is 0.146 e. The van der Waals surface area contributed by atoms with E-state index in [2.05, 4.69) is 24.1 Å². The van der Waals surface area contributed by atoms with Gasteiger partial charge >= 0.3 is 0 Å². The van der Waals surface area contributed by atoms with Crippen molar-refractivity contribution in [2.24, 2.45) is 0 Å². The molecule has 1 aliphatic heterocycles. The van der Waals surface area contributed by atoms with Crippen molar-refractivity contribution in [3.63, 3.8) is 0 Å². The number of rotatable bonds is 4. The van der Waals surface area contributed by atoms with Crippen LogP contribution >= 0.6 is 0 Å². The van der Waals surface area contributed by atoms with Crippen molar-refractivity contribution in [3.8, 4) is 5.75 Å². The van der Waals surface area contributed by atoms with Gasteiger partial charge in [-0.05, 0) is 37.9 Å². The minimum absolute atomic E-state index is 0.0754. The average molecular weight is 280 g/mol. The van der Waals surface area contributed by atoms with Gasteiger partial charge in [-0.25, -0.2) is 4.39 Å². The first-order valence-electron chi connectivity index (χ1n) is 7.47. The first-order chi connectivity index (χ1) is 9.64. The lowest BCUT2D eigenvalue weighted by atomic mass is 9.92. The number of anilines is 1. The molecule has 1 aromatic rings. The quantitative estimate of drug-likeness (QED) is 0.916. The third-order valence-corrected chi connectivity index (χ3v) is 4.45. The molecule has 0 aromatic heterocycles. The van der Waals surface area contributed by atoms with Gasteiger partial charge in [-0.1, -0.05) is 13.8 Å². The molecule has 0 amide bonds. The summed E-state index contributed by atoms with van der Waals surface area (Å²) in [5.41, 5.74) is 0.728. The first-order valence-corrected chi connectivity index (χ1v) is 7.47. The molecule has 0 unspecified atom stereocenters. The number of ether oxygens (including phenoxy) is 1. The molecule has 2 rings (SSSR count). The summed E-state index contributed by atoms with van der Waals surface area (Å²) in [7, 11) is 1.61. The Labute approximate surface area is 121 Å². The second-order valence-corrected chi connectivity index (χ2v) is 5.51. The summed E-state index contributed by atoms with van der Waals surface area (Å²) in [5, 5.41) is 3.65. The number of nitrogens with zero attached hydrogens (tertiary/aromatic N) is 1. The van der Waals surface area contributed by atoms with Gasteiger partial charge in [-0.3, -0.25) is 0 Å². The van der Waals surface area contributed by atoms with E-state index in [0.29, 0.717) is 11.4 Å². The van der Waals surface area contributed by atoms with Gasteiger partial charge in [0, 0.05) is 24.7 Å². The van der Waals surface area contributed by atoms with Crippen molar-refractivity contribution in [2.75, 3.05) is 31.6 Å². The van der Waals surface area contributed by atoms with Crippen LogP contribution in [0, 0.1) is 5.82 Å². The monoisotopic (exact) mass is 280 g/mol. The largest absolute Gasteiger partial charge is 0.497 e. The van der Waals surface area contributed by atoms with E-state index < -0.39 is 0 Å². The van der Waals surface area contributed by atoms with Crippen LogP contribution in [0.5, 0.6) is 5.75 Å². The van der Waals surface area contributed by atoms with E-state index in [1.165, 1.54) is 6.07 Å². The minimum atomic E-state index is -0.172. The molecule has 0 aliphatic carbocycles. The molecule has 1 heterocycles. The highest BCUT2D eigenvalue weighted by molar-refractivity contribution is 5.52. The maximum absolute atomic E-state index is 14.2. The number of nitrogens with one attached hydrogen (secondary N) is 1. The van der Waals surface area contributed by atoms with Crippen LogP contribution in [-0.4, -0.2) is 32.3 Å². The molecule has 3 nitrogen and oxygen atoms in total. The van der Waals surface area contributed by atoms with E-state index in [9.17, 15) is 4.39 Å². The highest BCUT2D eigenvalue weighted by Crippen LogP contribution is 2.29. The van der Waals surface area contributed by atoms with Gasteiger partial charge in [0.25, 0.3) is 0 Å². The Morgan fingerprint density at radius 1 is 1.35 bits per heavy atom. The summed E-state index contributed by atoms with van der Waals surface area (Å²) in [4.78, 5) is 2.16. The van der Waals surface area contributed by atoms with Crippen molar-refractivity contribution in [1.82, 2.24) is 5.32 Å². The molecule has 1 aliphatic rings. The van der Waals surface area contributed by atoms with Gasteiger partial charge < -0.3 is 15.0 Å². The third-order valence-electron chi connectivity index (χ3n) is 4.45. The molecule has 0 radical (unpaired) electrons. The minimum Gasteiger partial charge on any atom is -0.497 e. The van der Waals surface area contributed by atoms with Gasteiger partial charge in [0.2, 0.25) is 0 Å². The number of hydrogen-bond acceptors (Lipinski definition) is 3. The summed E-state index contributed by atoms with van der Waals surface area (Å²) in [6.45, 7) is 7.09. The Morgan fingerprint density at radius 2 is 2.10 bits per heavy atom. The number of hydrogen-bond donors (Lipinski definition) is 1. The molecular weight excluding hydrogens is 255 g/mol. The number of benzene rings is 1. The molecule has 20 heavy (non-hydrogen) atoms. The van der Waals surface area contributed by atoms with Crippen LogP contribution in [0.4, 0.5) is 10.1 Å². The summed E-state index contributed by atoms with van der Waals surface area (Å²) < 4.78 is 19.4. The lowest BCUT2D eigenvalue weighted by Gasteiger charge is -2.36. The normalized spacial score (nSPS) is 18.7. The molecule has 4 heteroatoms. The predicted molar refractivity (Wildman–Crippen MR) is 81.1 cm³/mol.